The normalized spacial score (nSPS) is 22.8. The summed E-state index contributed by atoms with van der Waals surface area (Å²) in [5.41, 5.74) is 3.12. The van der Waals surface area contributed by atoms with Crippen molar-refractivity contribution >= 4 is 11.8 Å². The summed E-state index contributed by atoms with van der Waals surface area (Å²) in [5.74, 6) is 0.459. The molecule has 0 saturated carbocycles. The third-order valence-corrected chi connectivity index (χ3v) is 6.76. The summed E-state index contributed by atoms with van der Waals surface area (Å²) in [5, 5.41) is 0. The molecule has 1 spiro atoms. The van der Waals surface area contributed by atoms with Gasteiger partial charge in [0, 0.05) is 31.5 Å². The Morgan fingerprint density at radius 2 is 2.10 bits per heavy atom. The maximum atomic E-state index is 13.3. The van der Waals surface area contributed by atoms with Crippen molar-refractivity contribution in [2.45, 2.75) is 38.6 Å². The van der Waals surface area contributed by atoms with Gasteiger partial charge in [-0.05, 0) is 55.9 Å². The number of carbonyl (C=O) groups excluding carboxylic acids is 2. The second kappa shape index (κ2) is 7.38. The van der Waals surface area contributed by atoms with Crippen LogP contribution < -0.4 is 4.74 Å². The first-order chi connectivity index (χ1) is 14.6. The lowest BCUT2D eigenvalue weighted by molar-refractivity contribution is -0.135. The molecule has 2 amide bonds. The zero-order valence-electron chi connectivity index (χ0n) is 17.3. The van der Waals surface area contributed by atoms with E-state index in [9.17, 15) is 9.59 Å². The lowest BCUT2D eigenvalue weighted by Crippen LogP contribution is -2.38. The van der Waals surface area contributed by atoms with Crippen LogP contribution in [-0.2, 0) is 24.2 Å². The molecule has 156 valence electrons. The summed E-state index contributed by atoms with van der Waals surface area (Å²) in [4.78, 5) is 39.2. The minimum Gasteiger partial charge on any atom is -0.480 e. The Kier molecular flexibility index (Phi) is 4.68. The first-order valence-electron chi connectivity index (χ1n) is 10.6. The highest BCUT2D eigenvalue weighted by Gasteiger charge is 2.51. The van der Waals surface area contributed by atoms with Crippen LogP contribution in [0.15, 0.2) is 30.5 Å². The molecule has 3 aliphatic rings. The van der Waals surface area contributed by atoms with Gasteiger partial charge in [0.15, 0.2) is 0 Å². The summed E-state index contributed by atoms with van der Waals surface area (Å²) < 4.78 is 5.43. The molecule has 0 bridgehead atoms. The molecule has 2 aromatic rings. The van der Waals surface area contributed by atoms with E-state index < -0.39 is 5.41 Å². The molecule has 1 atom stereocenters. The molecule has 7 heteroatoms. The van der Waals surface area contributed by atoms with Gasteiger partial charge in [-0.2, -0.15) is 0 Å². The van der Waals surface area contributed by atoms with E-state index in [1.165, 1.54) is 0 Å². The van der Waals surface area contributed by atoms with Gasteiger partial charge in [0.25, 0.3) is 5.91 Å². The van der Waals surface area contributed by atoms with E-state index in [0.29, 0.717) is 44.0 Å². The fourth-order valence-corrected chi connectivity index (χ4v) is 5.09. The average Bonchev–Trinajstić information content (AvgIpc) is 3.49. The lowest BCUT2D eigenvalue weighted by atomic mass is 9.85. The standard InChI is InChI=1S/C23H26N4O3/c1-30-20-18(13-16-5-4-7-19(16)25-20)21(28)27-12-9-23(15-27)8-11-26(22(23)29)14-17-6-2-3-10-24-17/h2-3,6,10,13H,4-5,7-9,11-12,14-15H2,1H3. The lowest BCUT2D eigenvalue weighted by Gasteiger charge is -2.24. The summed E-state index contributed by atoms with van der Waals surface area (Å²) in [6, 6.07) is 7.70. The minimum absolute atomic E-state index is 0.0816. The van der Waals surface area contributed by atoms with Crippen LogP contribution in [0.4, 0.5) is 0 Å². The SMILES string of the molecule is COc1nc2c(cc1C(=O)N1CCC3(CCN(Cc4ccccn4)C3=O)C1)CCC2. The third kappa shape index (κ3) is 3.13. The second-order valence-electron chi connectivity index (χ2n) is 8.56. The molecule has 2 aromatic heterocycles. The highest BCUT2D eigenvalue weighted by atomic mass is 16.5. The number of rotatable bonds is 4. The Bertz CT molecular complexity index is 993. The molecule has 5 rings (SSSR count). The number of ether oxygens (including phenoxy) is 1. The Labute approximate surface area is 176 Å². The minimum atomic E-state index is -0.470. The van der Waals surface area contributed by atoms with Crippen LogP contribution in [0.3, 0.4) is 0 Å². The topological polar surface area (TPSA) is 75.6 Å². The average molecular weight is 406 g/mol. The van der Waals surface area contributed by atoms with Gasteiger partial charge in [-0.25, -0.2) is 4.98 Å². The van der Waals surface area contributed by atoms with E-state index in [1.54, 1.807) is 13.3 Å². The maximum Gasteiger partial charge on any atom is 0.259 e. The van der Waals surface area contributed by atoms with Crippen LogP contribution in [-0.4, -0.2) is 58.3 Å². The van der Waals surface area contributed by atoms with Crippen molar-refractivity contribution in [3.63, 3.8) is 0 Å². The van der Waals surface area contributed by atoms with Crippen molar-refractivity contribution < 1.29 is 14.3 Å². The third-order valence-electron chi connectivity index (χ3n) is 6.76. The maximum absolute atomic E-state index is 13.3. The molecule has 4 heterocycles. The van der Waals surface area contributed by atoms with Crippen molar-refractivity contribution in [1.29, 1.82) is 0 Å². The fraction of sp³-hybridized carbons (Fsp3) is 0.478. The Morgan fingerprint density at radius 1 is 1.23 bits per heavy atom. The van der Waals surface area contributed by atoms with Gasteiger partial charge in [-0.15, -0.1) is 0 Å². The second-order valence-corrected chi connectivity index (χ2v) is 8.56. The molecule has 2 fully saturated rings. The van der Waals surface area contributed by atoms with Gasteiger partial charge < -0.3 is 14.5 Å². The van der Waals surface area contributed by atoms with Crippen LogP contribution in [0.2, 0.25) is 0 Å². The summed E-state index contributed by atoms with van der Waals surface area (Å²) >= 11 is 0. The predicted octanol–water partition coefficient (Wildman–Crippen LogP) is 2.24. The molecule has 2 saturated heterocycles. The van der Waals surface area contributed by atoms with Gasteiger partial charge in [-0.1, -0.05) is 6.07 Å². The first kappa shape index (κ1) is 19.0. The molecule has 1 unspecified atom stereocenters. The Hall–Kier alpha value is -2.96. The van der Waals surface area contributed by atoms with E-state index >= 15 is 0 Å². The molecule has 0 aromatic carbocycles. The number of aromatic nitrogens is 2. The van der Waals surface area contributed by atoms with E-state index in [1.807, 2.05) is 34.1 Å². The summed E-state index contributed by atoms with van der Waals surface area (Å²) in [6.45, 7) is 2.28. The number of fused-ring (bicyclic) bond motifs is 1. The number of hydrogen-bond acceptors (Lipinski definition) is 5. The van der Waals surface area contributed by atoms with Crippen molar-refractivity contribution in [1.82, 2.24) is 19.8 Å². The summed E-state index contributed by atoms with van der Waals surface area (Å²) in [7, 11) is 1.56. The number of aryl methyl sites for hydroxylation is 2. The monoisotopic (exact) mass is 406 g/mol. The van der Waals surface area contributed by atoms with Crippen LogP contribution in [0.25, 0.3) is 0 Å². The van der Waals surface area contributed by atoms with Gasteiger partial charge in [0.1, 0.15) is 5.56 Å². The van der Waals surface area contributed by atoms with Crippen LogP contribution >= 0.6 is 0 Å². The number of methoxy groups -OCH3 is 1. The van der Waals surface area contributed by atoms with Gasteiger partial charge >= 0.3 is 0 Å². The fourth-order valence-electron chi connectivity index (χ4n) is 5.09. The largest absolute Gasteiger partial charge is 0.480 e. The number of amides is 2. The summed E-state index contributed by atoms with van der Waals surface area (Å²) in [6.07, 6.45) is 6.19. The van der Waals surface area contributed by atoms with E-state index in [2.05, 4.69) is 9.97 Å². The zero-order valence-corrected chi connectivity index (χ0v) is 17.3. The first-order valence-corrected chi connectivity index (χ1v) is 10.6. The quantitative estimate of drug-likeness (QED) is 0.778. The van der Waals surface area contributed by atoms with Gasteiger partial charge in [0.2, 0.25) is 11.8 Å². The number of hydrogen-bond donors (Lipinski definition) is 0. The van der Waals surface area contributed by atoms with Crippen LogP contribution in [0.1, 0.15) is 46.6 Å². The number of pyridine rings is 2. The van der Waals surface area contributed by atoms with Crippen LogP contribution in [0.5, 0.6) is 5.88 Å². The predicted molar refractivity (Wildman–Crippen MR) is 110 cm³/mol. The van der Waals surface area contributed by atoms with Crippen molar-refractivity contribution in [3.05, 3.63) is 53.0 Å². The van der Waals surface area contributed by atoms with E-state index in [0.717, 1.165) is 42.6 Å². The number of nitrogens with zero attached hydrogens (tertiary/aromatic N) is 4. The highest BCUT2D eigenvalue weighted by Crippen LogP contribution is 2.42. The van der Waals surface area contributed by atoms with Crippen LogP contribution in [0, 0.1) is 5.41 Å². The van der Waals surface area contributed by atoms with E-state index in [-0.39, 0.29) is 11.8 Å². The van der Waals surface area contributed by atoms with Gasteiger partial charge in [-0.3, -0.25) is 14.6 Å². The smallest absolute Gasteiger partial charge is 0.259 e. The molecule has 7 nitrogen and oxygen atoms in total. The number of likely N-dealkylation sites (tertiary alicyclic amines) is 2. The molecular formula is C23H26N4O3. The van der Waals surface area contributed by atoms with E-state index in [4.69, 9.17) is 4.74 Å². The molecule has 0 N–H and O–H groups in total. The molecule has 0 radical (unpaired) electrons. The van der Waals surface area contributed by atoms with Crippen molar-refractivity contribution in [2.75, 3.05) is 26.7 Å². The zero-order chi connectivity index (χ0) is 20.7. The highest BCUT2D eigenvalue weighted by molar-refractivity contribution is 5.98. The number of carbonyl (C=O) groups is 2. The van der Waals surface area contributed by atoms with Crippen molar-refractivity contribution in [3.8, 4) is 5.88 Å². The van der Waals surface area contributed by atoms with Crippen molar-refractivity contribution in [2.24, 2.45) is 5.41 Å². The molecule has 1 aliphatic carbocycles. The Balaban J connectivity index is 1.32. The molecule has 30 heavy (non-hydrogen) atoms. The van der Waals surface area contributed by atoms with Gasteiger partial charge in [0.05, 0.1) is 24.8 Å². The molecular weight excluding hydrogens is 380 g/mol. The molecule has 2 aliphatic heterocycles. The Morgan fingerprint density at radius 3 is 2.90 bits per heavy atom.